The highest BCUT2D eigenvalue weighted by Gasteiger charge is 2.40. The summed E-state index contributed by atoms with van der Waals surface area (Å²) in [6.45, 7) is 7.90. The van der Waals surface area contributed by atoms with Crippen molar-refractivity contribution in [1.29, 1.82) is 0 Å². The second kappa shape index (κ2) is 7.91. The molecule has 2 aliphatic rings. The Morgan fingerprint density at radius 2 is 1.96 bits per heavy atom. The highest BCUT2D eigenvalue weighted by atomic mass is 16.5. The van der Waals surface area contributed by atoms with Crippen molar-refractivity contribution in [3.05, 3.63) is 35.7 Å². The van der Waals surface area contributed by atoms with E-state index in [2.05, 4.69) is 20.5 Å². The van der Waals surface area contributed by atoms with Gasteiger partial charge in [0.05, 0.1) is 17.5 Å². The van der Waals surface area contributed by atoms with Crippen LogP contribution in [0.2, 0.25) is 0 Å². The van der Waals surface area contributed by atoms with Crippen molar-refractivity contribution in [2.45, 2.75) is 64.6 Å². The van der Waals surface area contributed by atoms with E-state index in [1.54, 1.807) is 4.68 Å². The molecule has 2 fully saturated rings. The Balaban J connectivity index is 1.61. The van der Waals surface area contributed by atoms with Crippen LogP contribution in [0.15, 0.2) is 24.3 Å². The molecule has 2 saturated heterocycles. The van der Waals surface area contributed by atoms with Crippen LogP contribution >= 0.6 is 0 Å². The van der Waals surface area contributed by atoms with Gasteiger partial charge in [-0.25, -0.2) is 4.68 Å². The van der Waals surface area contributed by atoms with Gasteiger partial charge in [-0.15, -0.1) is 5.10 Å². The molecular formula is C21H29N5O2. The summed E-state index contributed by atoms with van der Waals surface area (Å²) in [5.74, 6) is 0.848. The van der Waals surface area contributed by atoms with Crippen molar-refractivity contribution in [2.24, 2.45) is 0 Å². The number of carbonyl (C=O) groups excluding carboxylic acids is 1. The number of carbonyl (C=O) groups is 1. The summed E-state index contributed by atoms with van der Waals surface area (Å²) in [6.07, 6.45) is 3.99. The van der Waals surface area contributed by atoms with Crippen LogP contribution in [0.25, 0.3) is 5.69 Å². The standard InChI is InChI=1S/C21H29N5O2/c1-4-19-20(21(27)25-15-5-6-17(25)13-22-12-11-15)23-24-26(19)16-7-9-18(10-8-16)28-14(2)3/h7-10,14-15,17,22H,4-6,11-13H2,1-3H3. The van der Waals surface area contributed by atoms with E-state index in [-0.39, 0.29) is 18.1 Å². The third-order valence-corrected chi connectivity index (χ3v) is 5.64. The van der Waals surface area contributed by atoms with Crippen molar-refractivity contribution < 1.29 is 9.53 Å². The molecule has 1 aromatic heterocycles. The fraction of sp³-hybridized carbons (Fsp3) is 0.571. The van der Waals surface area contributed by atoms with Gasteiger partial charge in [0.1, 0.15) is 5.75 Å². The van der Waals surface area contributed by atoms with Crippen LogP contribution in [0.5, 0.6) is 5.75 Å². The Morgan fingerprint density at radius 3 is 2.68 bits per heavy atom. The fourth-order valence-corrected chi connectivity index (χ4v) is 4.37. The van der Waals surface area contributed by atoms with E-state index in [0.717, 1.165) is 49.5 Å². The van der Waals surface area contributed by atoms with Crippen molar-refractivity contribution in [3.63, 3.8) is 0 Å². The number of hydrogen-bond acceptors (Lipinski definition) is 5. The Morgan fingerprint density at radius 1 is 1.21 bits per heavy atom. The first-order valence-electron chi connectivity index (χ1n) is 10.3. The minimum atomic E-state index is 0.0269. The molecule has 1 N–H and O–H groups in total. The van der Waals surface area contributed by atoms with Crippen LogP contribution in [0.3, 0.4) is 0 Å². The normalized spacial score (nSPS) is 21.8. The lowest BCUT2D eigenvalue weighted by molar-refractivity contribution is 0.0673. The molecule has 1 aromatic carbocycles. The molecule has 0 radical (unpaired) electrons. The molecule has 2 atom stereocenters. The minimum absolute atomic E-state index is 0.0269. The third-order valence-electron chi connectivity index (χ3n) is 5.64. The first kappa shape index (κ1) is 18.9. The van der Waals surface area contributed by atoms with Gasteiger partial charge in [-0.2, -0.15) is 0 Å². The van der Waals surface area contributed by atoms with Gasteiger partial charge in [-0.05, 0) is 70.3 Å². The van der Waals surface area contributed by atoms with Crippen molar-refractivity contribution in [3.8, 4) is 11.4 Å². The zero-order chi connectivity index (χ0) is 19.7. The zero-order valence-corrected chi connectivity index (χ0v) is 16.9. The Kier molecular flexibility index (Phi) is 5.35. The maximum atomic E-state index is 13.4. The lowest BCUT2D eigenvalue weighted by atomic mass is 10.1. The molecule has 7 heteroatoms. The van der Waals surface area contributed by atoms with Gasteiger partial charge in [-0.1, -0.05) is 12.1 Å². The van der Waals surface area contributed by atoms with E-state index in [0.29, 0.717) is 18.2 Å². The fourth-order valence-electron chi connectivity index (χ4n) is 4.37. The van der Waals surface area contributed by atoms with E-state index in [1.807, 2.05) is 45.0 Å². The van der Waals surface area contributed by atoms with Crippen molar-refractivity contribution >= 4 is 5.91 Å². The van der Waals surface area contributed by atoms with Crippen LogP contribution in [-0.2, 0) is 6.42 Å². The van der Waals surface area contributed by atoms with Gasteiger partial charge >= 0.3 is 0 Å². The molecule has 2 aromatic rings. The van der Waals surface area contributed by atoms with Gasteiger partial charge in [0.2, 0.25) is 0 Å². The highest BCUT2D eigenvalue weighted by molar-refractivity contribution is 5.94. The second-order valence-electron chi connectivity index (χ2n) is 7.90. The molecule has 2 bridgehead atoms. The average Bonchev–Trinajstić information content (AvgIpc) is 3.21. The third kappa shape index (κ3) is 3.51. The number of benzene rings is 1. The quantitative estimate of drug-likeness (QED) is 0.859. The molecular weight excluding hydrogens is 354 g/mol. The predicted molar refractivity (Wildman–Crippen MR) is 107 cm³/mol. The predicted octanol–water partition coefficient (Wildman–Crippen LogP) is 2.58. The molecule has 2 aliphatic heterocycles. The summed E-state index contributed by atoms with van der Waals surface area (Å²) in [5, 5.41) is 12.1. The summed E-state index contributed by atoms with van der Waals surface area (Å²) in [5.41, 5.74) is 2.24. The summed E-state index contributed by atoms with van der Waals surface area (Å²) >= 11 is 0. The van der Waals surface area contributed by atoms with E-state index in [1.165, 1.54) is 0 Å². The lowest BCUT2D eigenvalue weighted by Crippen LogP contribution is -2.43. The molecule has 1 amide bonds. The summed E-state index contributed by atoms with van der Waals surface area (Å²) in [6, 6.07) is 8.35. The smallest absolute Gasteiger partial charge is 0.276 e. The zero-order valence-electron chi connectivity index (χ0n) is 16.9. The highest BCUT2D eigenvalue weighted by Crippen LogP contribution is 2.30. The van der Waals surface area contributed by atoms with Gasteiger partial charge in [0, 0.05) is 18.6 Å². The number of hydrogen-bond donors (Lipinski definition) is 1. The molecule has 7 nitrogen and oxygen atoms in total. The van der Waals surface area contributed by atoms with Gasteiger partial charge in [-0.3, -0.25) is 4.79 Å². The van der Waals surface area contributed by atoms with Gasteiger partial charge in [0.15, 0.2) is 5.69 Å². The van der Waals surface area contributed by atoms with Crippen molar-refractivity contribution in [1.82, 2.24) is 25.2 Å². The average molecular weight is 383 g/mol. The van der Waals surface area contributed by atoms with Crippen LogP contribution in [0, 0.1) is 0 Å². The maximum Gasteiger partial charge on any atom is 0.276 e. The van der Waals surface area contributed by atoms with Crippen LogP contribution in [0.4, 0.5) is 0 Å². The topological polar surface area (TPSA) is 72.3 Å². The first-order chi connectivity index (χ1) is 13.6. The van der Waals surface area contributed by atoms with E-state index in [4.69, 9.17) is 4.74 Å². The second-order valence-corrected chi connectivity index (χ2v) is 7.90. The van der Waals surface area contributed by atoms with E-state index in [9.17, 15) is 4.79 Å². The van der Waals surface area contributed by atoms with E-state index >= 15 is 0 Å². The molecule has 2 unspecified atom stereocenters. The Labute approximate surface area is 166 Å². The summed E-state index contributed by atoms with van der Waals surface area (Å²) < 4.78 is 7.50. The Bertz CT molecular complexity index is 816. The summed E-state index contributed by atoms with van der Waals surface area (Å²) in [7, 11) is 0. The number of aromatic nitrogens is 3. The number of rotatable bonds is 5. The Hall–Kier alpha value is -2.41. The molecule has 3 heterocycles. The lowest BCUT2D eigenvalue weighted by Gasteiger charge is -2.27. The molecule has 4 rings (SSSR count). The van der Waals surface area contributed by atoms with Crippen LogP contribution in [-0.4, -0.2) is 57.1 Å². The van der Waals surface area contributed by atoms with Crippen LogP contribution in [0.1, 0.15) is 56.2 Å². The molecule has 0 spiro atoms. The number of nitrogens with one attached hydrogen (secondary N) is 1. The van der Waals surface area contributed by atoms with Crippen molar-refractivity contribution in [2.75, 3.05) is 13.1 Å². The monoisotopic (exact) mass is 383 g/mol. The number of fused-ring (bicyclic) bond motifs is 2. The molecule has 150 valence electrons. The maximum absolute atomic E-state index is 13.4. The SMILES string of the molecule is CCc1c(C(=O)N2C3CCNCC2CC3)nnn1-c1ccc(OC(C)C)cc1. The largest absolute Gasteiger partial charge is 0.491 e. The van der Waals surface area contributed by atoms with E-state index < -0.39 is 0 Å². The molecule has 28 heavy (non-hydrogen) atoms. The van der Waals surface area contributed by atoms with Crippen LogP contribution < -0.4 is 10.1 Å². The van der Waals surface area contributed by atoms with Gasteiger partial charge < -0.3 is 15.0 Å². The summed E-state index contributed by atoms with van der Waals surface area (Å²) in [4.78, 5) is 15.4. The number of ether oxygens (including phenoxy) is 1. The number of nitrogens with zero attached hydrogens (tertiary/aromatic N) is 4. The number of amides is 1. The molecule has 0 saturated carbocycles. The molecule has 0 aliphatic carbocycles. The first-order valence-corrected chi connectivity index (χ1v) is 10.3. The minimum Gasteiger partial charge on any atom is -0.491 e. The van der Waals surface area contributed by atoms with Gasteiger partial charge in [0.25, 0.3) is 5.91 Å².